The van der Waals surface area contributed by atoms with Crippen molar-refractivity contribution in [1.29, 1.82) is 0 Å². The molecule has 3 aromatic rings. The smallest absolute Gasteiger partial charge is 0.253 e. The standard InChI is InChI=1S/C24H32N6O2/c1-15-6-8-29(9-7-15)22(23-26-27-28-30(23)14-19-5-4-10-32-19)20-13-18-12-16(2)11-17(3)21(18)25-24(20)31/h11-13,15,19,22H,4-10,14H2,1-3H3,(H,25,31)/t19-,22-/m1/s1. The molecule has 0 unspecified atom stereocenters. The van der Waals surface area contributed by atoms with E-state index in [1.807, 2.05) is 17.7 Å². The van der Waals surface area contributed by atoms with E-state index in [1.54, 1.807) is 0 Å². The summed E-state index contributed by atoms with van der Waals surface area (Å²) < 4.78 is 7.69. The fraction of sp³-hybridized carbons (Fsp3) is 0.583. The highest BCUT2D eigenvalue weighted by Crippen LogP contribution is 2.31. The number of hydrogen-bond acceptors (Lipinski definition) is 6. The van der Waals surface area contributed by atoms with E-state index in [2.05, 4.69) is 51.4 Å². The highest BCUT2D eigenvalue weighted by molar-refractivity contribution is 5.83. The lowest BCUT2D eigenvalue weighted by Gasteiger charge is -2.36. The summed E-state index contributed by atoms with van der Waals surface area (Å²) in [6, 6.07) is 5.99. The Balaban J connectivity index is 1.61. The summed E-state index contributed by atoms with van der Waals surface area (Å²) in [6.45, 7) is 9.67. The third-order valence-electron chi connectivity index (χ3n) is 7.00. The number of likely N-dealkylation sites (tertiary alicyclic amines) is 1. The first-order valence-corrected chi connectivity index (χ1v) is 11.8. The second kappa shape index (κ2) is 8.75. The molecule has 0 spiro atoms. The summed E-state index contributed by atoms with van der Waals surface area (Å²) in [6.07, 6.45) is 4.42. The number of aromatic nitrogens is 5. The molecule has 8 nitrogen and oxygen atoms in total. The number of fused-ring (bicyclic) bond motifs is 1. The molecular weight excluding hydrogens is 404 g/mol. The first-order valence-electron chi connectivity index (χ1n) is 11.8. The zero-order valence-electron chi connectivity index (χ0n) is 19.2. The Labute approximate surface area is 188 Å². The topological polar surface area (TPSA) is 88.9 Å². The average molecular weight is 437 g/mol. The van der Waals surface area contributed by atoms with Gasteiger partial charge in [-0.2, -0.15) is 0 Å². The maximum atomic E-state index is 13.4. The van der Waals surface area contributed by atoms with Crippen LogP contribution in [0.1, 0.15) is 61.2 Å². The van der Waals surface area contributed by atoms with Crippen LogP contribution in [0.15, 0.2) is 23.0 Å². The number of nitrogens with one attached hydrogen (secondary N) is 1. The lowest BCUT2D eigenvalue weighted by atomic mass is 9.95. The molecule has 0 aliphatic carbocycles. The number of piperidine rings is 1. The molecule has 0 radical (unpaired) electrons. The van der Waals surface area contributed by atoms with Crippen LogP contribution in [0.4, 0.5) is 0 Å². The molecule has 1 N–H and O–H groups in total. The zero-order valence-corrected chi connectivity index (χ0v) is 19.2. The molecule has 2 aromatic heterocycles. The molecule has 0 amide bonds. The van der Waals surface area contributed by atoms with Crippen molar-refractivity contribution < 1.29 is 4.74 Å². The minimum absolute atomic E-state index is 0.0697. The number of nitrogens with zero attached hydrogens (tertiary/aromatic N) is 5. The molecule has 1 aromatic carbocycles. The number of rotatable bonds is 5. The number of hydrogen-bond donors (Lipinski definition) is 1. The average Bonchev–Trinajstić information content (AvgIpc) is 3.44. The van der Waals surface area contributed by atoms with Crippen molar-refractivity contribution in [2.75, 3.05) is 19.7 Å². The van der Waals surface area contributed by atoms with E-state index in [9.17, 15) is 4.79 Å². The van der Waals surface area contributed by atoms with Crippen LogP contribution in [0, 0.1) is 19.8 Å². The predicted octanol–water partition coefficient (Wildman–Crippen LogP) is 3.13. The minimum atomic E-state index is -0.284. The molecule has 2 aliphatic rings. The van der Waals surface area contributed by atoms with Crippen molar-refractivity contribution in [2.24, 2.45) is 5.92 Å². The Morgan fingerprint density at radius 2 is 2.00 bits per heavy atom. The van der Waals surface area contributed by atoms with Gasteiger partial charge in [-0.3, -0.25) is 9.69 Å². The second-order valence-electron chi connectivity index (χ2n) is 9.58. The quantitative estimate of drug-likeness (QED) is 0.661. The molecule has 32 heavy (non-hydrogen) atoms. The number of aromatic amines is 1. The predicted molar refractivity (Wildman–Crippen MR) is 123 cm³/mol. The Bertz CT molecular complexity index is 1150. The molecular formula is C24H32N6O2. The van der Waals surface area contributed by atoms with Gasteiger partial charge in [-0.15, -0.1) is 5.10 Å². The number of H-pyrrole nitrogens is 1. The fourth-order valence-corrected chi connectivity index (χ4v) is 5.21. The van der Waals surface area contributed by atoms with E-state index < -0.39 is 0 Å². The van der Waals surface area contributed by atoms with E-state index in [0.717, 1.165) is 67.7 Å². The molecule has 2 saturated heterocycles. The number of aryl methyl sites for hydroxylation is 2. The maximum Gasteiger partial charge on any atom is 0.253 e. The van der Waals surface area contributed by atoms with Gasteiger partial charge in [0.15, 0.2) is 5.82 Å². The number of pyridine rings is 1. The third kappa shape index (κ3) is 4.09. The summed E-state index contributed by atoms with van der Waals surface area (Å²) in [5, 5.41) is 13.8. The van der Waals surface area contributed by atoms with Gasteiger partial charge in [-0.1, -0.05) is 18.6 Å². The van der Waals surface area contributed by atoms with Crippen LogP contribution >= 0.6 is 0 Å². The summed E-state index contributed by atoms with van der Waals surface area (Å²) in [5.74, 6) is 1.42. The van der Waals surface area contributed by atoms with E-state index in [-0.39, 0.29) is 17.7 Å². The monoisotopic (exact) mass is 436 g/mol. The van der Waals surface area contributed by atoms with Crippen LogP contribution in [0.3, 0.4) is 0 Å². The minimum Gasteiger partial charge on any atom is -0.376 e. The van der Waals surface area contributed by atoms with Crippen LogP contribution in [0.5, 0.6) is 0 Å². The van der Waals surface area contributed by atoms with Gasteiger partial charge in [0.25, 0.3) is 5.56 Å². The van der Waals surface area contributed by atoms with Crippen LogP contribution in [0.25, 0.3) is 10.9 Å². The first-order chi connectivity index (χ1) is 15.5. The molecule has 170 valence electrons. The van der Waals surface area contributed by atoms with Gasteiger partial charge in [-0.05, 0) is 92.0 Å². The molecule has 0 saturated carbocycles. The van der Waals surface area contributed by atoms with Gasteiger partial charge in [0.2, 0.25) is 0 Å². The molecule has 8 heteroatoms. The Hall–Kier alpha value is -2.58. The van der Waals surface area contributed by atoms with Crippen LogP contribution < -0.4 is 5.56 Å². The Morgan fingerprint density at radius 1 is 1.19 bits per heavy atom. The van der Waals surface area contributed by atoms with E-state index in [4.69, 9.17) is 4.74 Å². The van der Waals surface area contributed by atoms with Crippen LogP contribution in [-0.2, 0) is 11.3 Å². The normalized spacial score (nSPS) is 21.4. The molecule has 4 heterocycles. The maximum absolute atomic E-state index is 13.4. The first kappa shape index (κ1) is 21.3. The number of benzene rings is 1. The molecule has 0 bridgehead atoms. The molecule has 2 atom stereocenters. The van der Waals surface area contributed by atoms with Crippen molar-refractivity contribution in [3.63, 3.8) is 0 Å². The van der Waals surface area contributed by atoms with Gasteiger partial charge in [0, 0.05) is 12.2 Å². The Kier molecular flexibility index (Phi) is 5.82. The van der Waals surface area contributed by atoms with E-state index >= 15 is 0 Å². The van der Waals surface area contributed by atoms with Gasteiger partial charge >= 0.3 is 0 Å². The largest absolute Gasteiger partial charge is 0.376 e. The Morgan fingerprint density at radius 3 is 2.75 bits per heavy atom. The van der Waals surface area contributed by atoms with Gasteiger partial charge in [0.1, 0.15) is 6.04 Å². The summed E-state index contributed by atoms with van der Waals surface area (Å²) in [7, 11) is 0. The molecule has 2 aliphatic heterocycles. The van der Waals surface area contributed by atoms with Crippen molar-refractivity contribution in [3.05, 3.63) is 51.1 Å². The van der Waals surface area contributed by atoms with E-state index in [0.29, 0.717) is 18.0 Å². The van der Waals surface area contributed by atoms with Gasteiger partial charge in [-0.25, -0.2) is 4.68 Å². The van der Waals surface area contributed by atoms with E-state index in [1.165, 1.54) is 5.56 Å². The summed E-state index contributed by atoms with van der Waals surface area (Å²) in [4.78, 5) is 18.9. The highest BCUT2D eigenvalue weighted by Gasteiger charge is 2.33. The summed E-state index contributed by atoms with van der Waals surface area (Å²) >= 11 is 0. The third-order valence-corrected chi connectivity index (χ3v) is 7.00. The van der Waals surface area contributed by atoms with Crippen molar-refractivity contribution in [3.8, 4) is 0 Å². The highest BCUT2D eigenvalue weighted by atomic mass is 16.5. The van der Waals surface area contributed by atoms with Crippen molar-refractivity contribution in [1.82, 2.24) is 30.1 Å². The molecule has 5 rings (SSSR count). The van der Waals surface area contributed by atoms with Gasteiger partial charge in [0.05, 0.1) is 18.2 Å². The fourth-order valence-electron chi connectivity index (χ4n) is 5.21. The lowest BCUT2D eigenvalue weighted by Crippen LogP contribution is -2.40. The zero-order chi connectivity index (χ0) is 22.2. The summed E-state index contributed by atoms with van der Waals surface area (Å²) in [5.41, 5.74) is 3.80. The van der Waals surface area contributed by atoms with Crippen LogP contribution in [0.2, 0.25) is 0 Å². The van der Waals surface area contributed by atoms with Crippen LogP contribution in [-0.4, -0.2) is 55.9 Å². The SMILES string of the molecule is Cc1cc(C)c2[nH]c(=O)c([C@H](c3nnnn3C[C@H]3CCCO3)N3CCC(C)CC3)cc2c1. The van der Waals surface area contributed by atoms with Crippen molar-refractivity contribution in [2.45, 2.75) is 65.1 Å². The number of tetrazole rings is 1. The second-order valence-corrected chi connectivity index (χ2v) is 9.58. The van der Waals surface area contributed by atoms with Gasteiger partial charge < -0.3 is 9.72 Å². The molecule has 2 fully saturated rings. The van der Waals surface area contributed by atoms with Crippen molar-refractivity contribution >= 4 is 10.9 Å². The lowest BCUT2D eigenvalue weighted by molar-refractivity contribution is 0.0894. The number of ether oxygens (including phenoxy) is 1.